The lowest BCUT2D eigenvalue weighted by molar-refractivity contribution is 0.589. The molecule has 0 bridgehead atoms. The van der Waals surface area contributed by atoms with Gasteiger partial charge in [0.25, 0.3) is 0 Å². The van der Waals surface area contributed by atoms with Crippen LogP contribution in [0.5, 0.6) is 0 Å². The van der Waals surface area contributed by atoms with E-state index in [-0.39, 0.29) is 19.5 Å². The molecule has 104 valence electrons. The first-order chi connectivity index (χ1) is 6.21. The van der Waals surface area contributed by atoms with Crippen LogP contribution >= 0.6 is 19.9 Å². The van der Waals surface area contributed by atoms with Gasteiger partial charge < -0.3 is 0 Å². The normalized spacial score (nSPS) is 11.6. The van der Waals surface area contributed by atoms with Gasteiger partial charge in [0.2, 0.25) is 0 Å². The Balaban J connectivity index is -0.000000653. The summed E-state index contributed by atoms with van der Waals surface area (Å²) in [5.74, 6) is 0. The van der Waals surface area contributed by atoms with Crippen molar-refractivity contribution in [2.45, 2.75) is 31.1 Å². The van der Waals surface area contributed by atoms with Crippen LogP contribution in [0.25, 0.3) is 0 Å². The van der Waals surface area contributed by atoms with Gasteiger partial charge in [0, 0.05) is 4.90 Å². The maximum Gasteiger partial charge on any atom is 0.00250 e. The van der Waals surface area contributed by atoms with Gasteiger partial charge in [0.05, 0.1) is 0 Å². The van der Waals surface area contributed by atoms with E-state index in [0.717, 1.165) is 0 Å². The summed E-state index contributed by atoms with van der Waals surface area (Å²) in [4.78, 5) is 1.26. The molecule has 0 aliphatic carbocycles. The Morgan fingerprint density at radius 1 is 0.882 bits per heavy atom. The molecule has 0 nitrogen and oxygen atoms in total. The predicted molar refractivity (Wildman–Crippen MR) is 76.2 cm³/mol. The van der Waals surface area contributed by atoms with E-state index >= 15 is 0 Å². The van der Waals surface area contributed by atoms with Crippen molar-refractivity contribution < 1.29 is 14.1 Å². The summed E-state index contributed by atoms with van der Waals surface area (Å²) in [7, 11) is 5.22. The Kier molecular flexibility index (Phi) is 9.23. The van der Waals surface area contributed by atoms with Crippen LogP contribution in [0.2, 0.25) is 0 Å². The number of hydrogen-bond acceptors (Lipinski definition) is 0. The smallest absolute Gasteiger partial charge is 0.00250 e. The Morgan fingerprint density at radius 2 is 1.24 bits per heavy atom. The Labute approximate surface area is 108 Å². The highest BCUT2D eigenvalue weighted by atomic mass is 35.7. The molecule has 17 heavy (non-hydrogen) atoms. The molecule has 0 fully saturated rings. The first-order valence-corrected chi connectivity index (χ1v) is 8.02. The third-order valence-electron chi connectivity index (χ3n) is 2.28. The van der Waals surface area contributed by atoms with Gasteiger partial charge in [0.1, 0.15) is 0 Å². The minimum atomic E-state index is -1.09. The zero-order valence-electron chi connectivity index (χ0n) is 10.8. The highest BCUT2D eigenvalue weighted by Crippen LogP contribution is 2.53. The number of benzene rings is 1. The van der Waals surface area contributed by atoms with E-state index in [4.69, 9.17) is 10.7 Å². The molecule has 1 aromatic rings. The second kappa shape index (κ2) is 7.17. The molecule has 0 aliphatic rings. The molecule has 0 N–H and O–H groups in total. The fraction of sp³-hybridized carbons (Fsp3) is 0.500. The maximum absolute atomic E-state index is 6.31. The molecule has 1 aromatic carbocycles. The molecule has 1 rings (SSSR count). The van der Waals surface area contributed by atoms with E-state index in [9.17, 15) is 0 Å². The summed E-state index contributed by atoms with van der Waals surface area (Å²) in [6, 6.07) is 8.69. The SMILES string of the molecule is CC(C)(C)c1ccc(S(C)(C)Cl)cc1.F.F.F. The number of halogens is 4. The van der Waals surface area contributed by atoms with Crippen molar-refractivity contribution in [3.05, 3.63) is 29.8 Å². The lowest BCUT2D eigenvalue weighted by Gasteiger charge is -2.24. The average Bonchev–Trinajstić information content (AvgIpc) is 2.01. The van der Waals surface area contributed by atoms with Crippen LogP contribution < -0.4 is 0 Å². The van der Waals surface area contributed by atoms with Crippen molar-refractivity contribution in [3.63, 3.8) is 0 Å². The van der Waals surface area contributed by atoms with Crippen molar-refractivity contribution in [2.75, 3.05) is 12.5 Å². The largest absolute Gasteiger partial charge is 0.269 e. The summed E-state index contributed by atoms with van der Waals surface area (Å²) in [5, 5.41) is 0. The number of rotatable bonds is 1. The highest BCUT2D eigenvalue weighted by molar-refractivity contribution is 8.50. The van der Waals surface area contributed by atoms with E-state index < -0.39 is 9.24 Å². The summed E-state index contributed by atoms with van der Waals surface area (Å²) < 4.78 is 0. The second-order valence-corrected chi connectivity index (χ2v) is 10.2. The number of hydrogen-bond donors (Lipinski definition) is 0. The maximum atomic E-state index is 6.31. The Bertz CT molecular complexity index is 279. The van der Waals surface area contributed by atoms with E-state index in [1.54, 1.807) is 0 Å². The van der Waals surface area contributed by atoms with Crippen LogP contribution in [0, 0.1) is 0 Å². The third-order valence-corrected chi connectivity index (χ3v) is 4.21. The molecule has 0 saturated heterocycles. The van der Waals surface area contributed by atoms with Gasteiger partial charge in [-0.2, -0.15) is 0 Å². The van der Waals surface area contributed by atoms with Crippen molar-refractivity contribution in [2.24, 2.45) is 0 Å². The van der Waals surface area contributed by atoms with Crippen molar-refractivity contribution >= 4 is 19.9 Å². The molecular formula is C12H22ClF3S. The minimum Gasteiger partial charge on any atom is -0.269 e. The molecule has 0 aromatic heterocycles. The molecule has 0 radical (unpaired) electrons. The lowest BCUT2D eigenvalue weighted by atomic mass is 9.87. The van der Waals surface area contributed by atoms with Crippen LogP contribution in [0.15, 0.2) is 29.2 Å². The third kappa shape index (κ3) is 6.22. The van der Waals surface area contributed by atoms with Crippen LogP contribution in [0.3, 0.4) is 0 Å². The Hall–Kier alpha value is -0.350. The molecule has 0 saturated carbocycles. The summed E-state index contributed by atoms with van der Waals surface area (Å²) in [6.45, 7) is 6.67. The summed E-state index contributed by atoms with van der Waals surface area (Å²) >= 11 is 0. The zero-order chi connectivity index (χ0) is 11.0. The van der Waals surface area contributed by atoms with Crippen LogP contribution in [0.1, 0.15) is 26.3 Å². The average molecular weight is 291 g/mol. The van der Waals surface area contributed by atoms with E-state index in [1.807, 2.05) is 0 Å². The topological polar surface area (TPSA) is 0 Å². The molecule has 0 amide bonds. The quantitative estimate of drug-likeness (QED) is 0.681. The molecular weight excluding hydrogens is 269 g/mol. The summed E-state index contributed by atoms with van der Waals surface area (Å²) in [6.07, 6.45) is 4.20. The molecule has 0 unspecified atom stereocenters. The molecule has 0 heterocycles. The monoisotopic (exact) mass is 290 g/mol. The fourth-order valence-corrected chi connectivity index (χ4v) is 2.37. The Morgan fingerprint density at radius 3 is 1.47 bits per heavy atom. The van der Waals surface area contributed by atoms with Crippen molar-refractivity contribution in [3.8, 4) is 0 Å². The van der Waals surface area contributed by atoms with Crippen molar-refractivity contribution in [1.82, 2.24) is 0 Å². The predicted octanol–water partition coefficient (Wildman–Crippen LogP) is 5.02. The van der Waals surface area contributed by atoms with Crippen molar-refractivity contribution in [1.29, 1.82) is 0 Å². The fourth-order valence-electron chi connectivity index (χ4n) is 1.28. The van der Waals surface area contributed by atoms with E-state index in [1.165, 1.54) is 10.5 Å². The van der Waals surface area contributed by atoms with Gasteiger partial charge >= 0.3 is 0 Å². The van der Waals surface area contributed by atoms with Crippen LogP contribution in [-0.2, 0) is 5.41 Å². The minimum absolute atomic E-state index is 0. The molecule has 0 aliphatic heterocycles. The molecule has 5 heteroatoms. The van der Waals surface area contributed by atoms with Gasteiger partial charge in [-0.25, -0.2) is 0 Å². The standard InChI is InChI=1S/C12H19ClS.3FH/c1-12(2,3)10-6-8-11(9-7-10)14(4,5)13;;;/h6-9H,1-5H3;3*1H. The van der Waals surface area contributed by atoms with Gasteiger partial charge in [-0.15, -0.1) is 9.24 Å². The van der Waals surface area contributed by atoms with Crippen LogP contribution in [0.4, 0.5) is 14.1 Å². The zero-order valence-corrected chi connectivity index (χ0v) is 12.4. The molecule has 0 spiro atoms. The van der Waals surface area contributed by atoms with Gasteiger partial charge in [-0.3, -0.25) is 14.1 Å². The van der Waals surface area contributed by atoms with E-state index in [2.05, 4.69) is 57.5 Å². The summed E-state index contributed by atoms with van der Waals surface area (Å²) in [5.41, 5.74) is 1.59. The van der Waals surface area contributed by atoms with Crippen LogP contribution in [-0.4, -0.2) is 12.5 Å². The lowest BCUT2D eigenvalue weighted by Crippen LogP contribution is -2.10. The van der Waals surface area contributed by atoms with Gasteiger partial charge in [-0.05, 0) is 35.6 Å². The van der Waals surface area contributed by atoms with Gasteiger partial charge in [-0.1, -0.05) is 43.6 Å². The first kappa shape index (κ1) is 21.9. The molecule has 0 atom stereocenters. The highest BCUT2D eigenvalue weighted by Gasteiger charge is 2.15. The van der Waals surface area contributed by atoms with Gasteiger partial charge in [0.15, 0.2) is 0 Å². The second-order valence-electron chi connectivity index (χ2n) is 4.98. The first-order valence-electron chi connectivity index (χ1n) is 4.75. The van der Waals surface area contributed by atoms with E-state index in [0.29, 0.717) is 0 Å².